The molecule has 0 bridgehead atoms. The Morgan fingerprint density at radius 3 is 2.09 bits per heavy atom. The van der Waals surface area contributed by atoms with Crippen LogP contribution in [0.4, 0.5) is 0 Å². The molecule has 33 heavy (non-hydrogen) atoms. The van der Waals surface area contributed by atoms with Gasteiger partial charge in [0.25, 0.3) is 0 Å². The Morgan fingerprint density at radius 2 is 1.45 bits per heavy atom. The molecule has 1 heterocycles. The number of benzene rings is 3. The summed E-state index contributed by atoms with van der Waals surface area (Å²) in [6.07, 6.45) is 1.70. The summed E-state index contributed by atoms with van der Waals surface area (Å²) >= 11 is 0. The predicted octanol–water partition coefficient (Wildman–Crippen LogP) is 5.29. The van der Waals surface area contributed by atoms with Crippen LogP contribution in [0, 0.1) is 0 Å². The molecule has 0 unspecified atom stereocenters. The van der Waals surface area contributed by atoms with Crippen molar-refractivity contribution in [1.29, 1.82) is 0 Å². The van der Waals surface area contributed by atoms with E-state index in [0.29, 0.717) is 45.2 Å². The topological polar surface area (TPSA) is 80.0 Å². The third kappa shape index (κ3) is 4.25. The van der Waals surface area contributed by atoms with E-state index in [1.807, 2.05) is 42.5 Å². The van der Waals surface area contributed by atoms with Crippen molar-refractivity contribution >= 4 is 28.5 Å². The maximum Gasteiger partial charge on any atom is 0.231 e. The minimum atomic E-state index is -0.327. The Kier molecular flexibility index (Phi) is 6.31. The van der Waals surface area contributed by atoms with Crippen LogP contribution in [0.5, 0.6) is 23.0 Å². The second-order valence-corrected chi connectivity index (χ2v) is 7.03. The minimum absolute atomic E-state index is 0.195. The summed E-state index contributed by atoms with van der Waals surface area (Å²) in [5, 5.41) is 0. The lowest BCUT2D eigenvalue weighted by Crippen LogP contribution is -2.06. The average molecular weight is 445 g/mol. The van der Waals surface area contributed by atoms with Gasteiger partial charge in [-0.1, -0.05) is 30.3 Å². The molecule has 168 valence electrons. The van der Waals surface area contributed by atoms with Crippen LogP contribution in [0.3, 0.4) is 0 Å². The van der Waals surface area contributed by atoms with Crippen molar-refractivity contribution in [1.82, 2.24) is 4.98 Å². The van der Waals surface area contributed by atoms with Crippen LogP contribution in [0.1, 0.15) is 21.8 Å². The zero-order valence-electron chi connectivity index (χ0n) is 18.7. The molecule has 3 aromatic carbocycles. The zero-order chi connectivity index (χ0) is 23.4. The Hall–Kier alpha value is -4.26. The van der Waals surface area contributed by atoms with Crippen LogP contribution in [-0.4, -0.2) is 39.2 Å². The zero-order valence-corrected chi connectivity index (χ0v) is 18.7. The van der Waals surface area contributed by atoms with Gasteiger partial charge in [0.15, 0.2) is 22.9 Å². The van der Waals surface area contributed by atoms with Gasteiger partial charge in [-0.2, -0.15) is 0 Å². The first-order chi connectivity index (χ1) is 16.1. The summed E-state index contributed by atoms with van der Waals surface area (Å²) < 4.78 is 27.6. The summed E-state index contributed by atoms with van der Waals surface area (Å²) in [6.45, 7) is 0. The Labute approximate surface area is 191 Å². The largest absolute Gasteiger partial charge is 0.496 e. The predicted molar refractivity (Wildman–Crippen MR) is 125 cm³/mol. The van der Waals surface area contributed by atoms with E-state index in [9.17, 15) is 4.79 Å². The van der Waals surface area contributed by atoms with Crippen LogP contribution < -0.4 is 18.9 Å². The number of aromatic nitrogens is 1. The number of ketones is 1. The molecule has 0 spiro atoms. The number of hydrogen-bond donors (Lipinski definition) is 0. The Morgan fingerprint density at radius 1 is 0.818 bits per heavy atom. The molecular formula is C26H23NO6. The van der Waals surface area contributed by atoms with Gasteiger partial charge >= 0.3 is 0 Å². The second kappa shape index (κ2) is 9.48. The van der Waals surface area contributed by atoms with E-state index in [1.54, 1.807) is 31.4 Å². The van der Waals surface area contributed by atoms with Crippen molar-refractivity contribution in [2.24, 2.45) is 0 Å². The molecule has 0 atom stereocenters. The Balaban J connectivity index is 1.91. The average Bonchev–Trinajstić information content (AvgIpc) is 3.30. The fraction of sp³-hybridized carbons (Fsp3) is 0.154. The van der Waals surface area contributed by atoms with Crippen LogP contribution in [0.25, 0.3) is 22.7 Å². The van der Waals surface area contributed by atoms with E-state index in [4.69, 9.17) is 23.4 Å². The molecule has 0 amide bonds. The Bertz CT molecular complexity index is 1280. The van der Waals surface area contributed by atoms with Crippen molar-refractivity contribution < 1.29 is 28.2 Å². The molecule has 4 rings (SSSR count). The third-order valence-corrected chi connectivity index (χ3v) is 5.13. The van der Waals surface area contributed by atoms with Gasteiger partial charge in [0.05, 0.1) is 34.0 Å². The summed E-state index contributed by atoms with van der Waals surface area (Å²) in [5.41, 5.74) is 2.52. The van der Waals surface area contributed by atoms with E-state index in [0.717, 1.165) is 0 Å². The molecule has 0 aliphatic carbocycles. The number of carbonyl (C=O) groups excluding carboxylic acids is 1. The van der Waals surface area contributed by atoms with E-state index in [-0.39, 0.29) is 17.2 Å². The second-order valence-electron chi connectivity index (χ2n) is 7.03. The molecule has 7 heteroatoms. The summed E-state index contributed by atoms with van der Waals surface area (Å²) in [6, 6.07) is 17.9. The minimum Gasteiger partial charge on any atom is -0.496 e. The smallest absolute Gasteiger partial charge is 0.231 e. The quantitative estimate of drug-likeness (QED) is 0.269. The SMILES string of the molecule is COc1ccccc1/C=C(/C(=O)c1cc(OC)c(OC)c(OC)c1)c1nc2ccccc2o1. The number of ether oxygens (including phenoxy) is 4. The molecule has 4 aromatic rings. The van der Waals surface area contributed by atoms with Crippen LogP contribution in [0.2, 0.25) is 0 Å². The van der Waals surface area contributed by atoms with Gasteiger partial charge in [-0.15, -0.1) is 0 Å². The van der Waals surface area contributed by atoms with Crippen LogP contribution in [0.15, 0.2) is 65.1 Å². The number of para-hydroxylation sites is 3. The maximum atomic E-state index is 13.8. The van der Waals surface area contributed by atoms with E-state index >= 15 is 0 Å². The number of rotatable bonds is 8. The highest BCUT2D eigenvalue weighted by Gasteiger charge is 2.24. The number of allylic oxidation sites excluding steroid dienone is 1. The van der Waals surface area contributed by atoms with Crippen molar-refractivity contribution in [2.45, 2.75) is 0 Å². The monoisotopic (exact) mass is 445 g/mol. The summed E-state index contributed by atoms with van der Waals surface area (Å²) in [4.78, 5) is 18.3. The van der Waals surface area contributed by atoms with Gasteiger partial charge in [-0.25, -0.2) is 4.98 Å². The molecule has 1 aromatic heterocycles. The third-order valence-electron chi connectivity index (χ3n) is 5.13. The van der Waals surface area contributed by atoms with Gasteiger partial charge in [-0.05, 0) is 36.4 Å². The number of carbonyl (C=O) groups is 1. The lowest BCUT2D eigenvalue weighted by molar-refractivity contribution is 0.105. The van der Waals surface area contributed by atoms with Crippen LogP contribution >= 0.6 is 0 Å². The lowest BCUT2D eigenvalue weighted by atomic mass is 9.99. The first kappa shape index (κ1) is 22.0. The maximum absolute atomic E-state index is 13.8. The first-order valence-corrected chi connectivity index (χ1v) is 10.1. The van der Waals surface area contributed by atoms with Crippen molar-refractivity contribution in [3.05, 3.63) is 77.7 Å². The van der Waals surface area contributed by atoms with Gasteiger partial charge < -0.3 is 23.4 Å². The van der Waals surface area contributed by atoms with Crippen molar-refractivity contribution in [2.75, 3.05) is 28.4 Å². The van der Waals surface area contributed by atoms with E-state index in [1.165, 1.54) is 21.3 Å². The van der Waals surface area contributed by atoms with Gasteiger partial charge in [0, 0.05) is 11.1 Å². The van der Waals surface area contributed by atoms with Crippen molar-refractivity contribution in [3.8, 4) is 23.0 Å². The van der Waals surface area contributed by atoms with Gasteiger partial charge in [0.2, 0.25) is 11.6 Å². The molecular weight excluding hydrogens is 422 g/mol. The molecule has 0 aliphatic heterocycles. The highest BCUT2D eigenvalue weighted by Crippen LogP contribution is 2.39. The van der Waals surface area contributed by atoms with Crippen LogP contribution in [-0.2, 0) is 0 Å². The lowest BCUT2D eigenvalue weighted by Gasteiger charge is -2.14. The molecule has 0 N–H and O–H groups in total. The molecule has 0 saturated carbocycles. The number of hydrogen-bond acceptors (Lipinski definition) is 7. The van der Waals surface area contributed by atoms with Gasteiger partial charge in [-0.3, -0.25) is 4.79 Å². The fourth-order valence-electron chi connectivity index (χ4n) is 3.52. The number of fused-ring (bicyclic) bond motifs is 1. The van der Waals surface area contributed by atoms with Gasteiger partial charge in [0.1, 0.15) is 11.3 Å². The van der Waals surface area contributed by atoms with E-state index < -0.39 is 0 Å². The summed E-state index contributed by atoms with van der Waals surface area (Å²) in [5.74, 6) is 1.62. The highest BCUT2D eigenvalue weighted by molar-refractivity contribution is 6.32. The first-order valence-electron chi connectivity index (χ1n) is 10.1. The number of Topliss-reactive ketones (excluding diaryl/α,β-unsaturated/α-hetero) is 1. The highest BCUT2D eigenvalue weighted by atomic mass is 16.5. The molecule has 0 aliphatic rings. The number of nitrogens with zero attached hydrogens (tertiary/aromatic N) is 1. The number of oxazole rings is 1. The molecule has 0 fully saturated rings. The fourth-order valence-corrected chi connectivity index (χ4v) is 3.52. The number of methoxy groups -OCH3 is 4. The summed E-state index contributed by atoms with van der Waals surface area (Å²) in [7, 11) is 6.08. The normalized spacial score (nSPS) is 11.3. The standard InChI is InChI=1S/C26H23NO6/c1-29-20-11-7-5-9-16(20)13-18(26-27-19-10-6-8-12-21(19)33-26)24(28)17-14-22(30-2)25(32-4)23(15-17)31-3/h5-15H,1-4H3/b18-13-. The molecule has 0 radical (unpaired) electrons. The van der Waals surface area contributed by atoms with Crippen molar-refractivity contribution in [3.63, 3.8) is 0 Å². The molecule has 0 saturated heterocycles. The van der Waals surface area contributed by atoms with E-state index in [2.05, 4.69) is 4.98 Å². The molecule has 7 nitrogen and oxygen atoms in total.